The largest absolute Gasteiger partial charge is 0.347 e. The lowest BCUT2D eigenvalue weighted by Crippen LogP contribution is -1.99. The zero-order chi connectivity index (χ0) is 11.5. The molecule has 0 amide bonds. The van der Waals surface area contributed by atoms with Gasteiger partial charge in [0.1, 0.15) is 11.2 Å². The summed E-state index contributed by atoms with van der Waals surface area (Å²) in [5.74, 6) is 0. The number of nitrogens with zero attached hydrogens (tertiary/aromatic N) is 3. The molecule has 0 aliphatic heterocycles. The molecule has 0 aliphatic carbocycles. The molecule has 0 saturated heterocycles. The van der Waals surface area contributed by atoms with Gasteiger partial charge in [0.05, 0.1) is 17.8 Å². The van der Waals surface area contributed by atoms with Crippen molar-refractivity contribution in [1.29, 1.82) is 5.26 Å². The van der Waals surface area contributed by atoms with Crippen LogP contribution in [-0.4, -0.2) is 9.55 Å². The lowest BCUT2D eigenvalue weighted by molar-refractivity contribution is 0.779. The number of halogens is 1. The third kappa shape index (κ3) is 2.41. The molecule has 0 bridgehead atoms. The lowest BCUT2D eigenvalue weighted by Gasteiger charge is -2.04. The molecule has 16 heavy (non-hydrogen) atoms. The van der Waals surface area contributed by atoms with Crippen molar-refractivity contribution in [2.45, 2.75) is 13.5 Å². The van der Waals surface area contributed by atoms with Gasteiger partial charge in [-0.05, 0) is 30.7 Å². The van der Waals surface area contributed by atoms with E-state index in [-0.39, 0.29) is 0 Å². The van der Waals surface area contributed by atoms with E-state index in [0.29, 0.717) is 17.3 Å². The van der Waals surface area contributed by atoms with Crippen molar-refractivity contribution in [3.8, 4) is 6.07 Å². The van der Waals surface area contributed by atoms with Crippen molar-refractivity contribution < 1.29 is 0 Å². The standard InChI is InChI=1S/C12H10ClN3/c1-9-4-11(15-12(13)5-9)8-16-3-2-10(6-14)7-16/h2-5,7H,8H2,1H3. The van der Waals surface area contributed by atoms with Crippen molar-refractivity contribution in [2.24, 2.45) is 0 Å². The monoisotopic (exact) mass is 231 g/mol. The van der Waals surface area contributed by atoms with Crippen LogP contribution >= 0.6 is 11.6 Å². The van der Waals surface area contributed by atoms with Crippen molar-refractivity contribution in [2.75, 3.05) is 0 Å². The maximum absolute atomic E-state index is 8.71. The average molecular weight is 232 g/mol. The number of aromatic nitrogens is 2. The van der Waals surface area contributed by atoms with E-state index in [1.807, 2.05) is 29.8 Å². The Hall–Kier alpha value is -1.79. The summed E-state index contributed by atoms with van der Waals surface area (Å²) < 4.78 is 1.91. The summed E-state index contributed by atoms with van der Waals surface area (Å²) in [7, 11) is 0. The molecule has 0 unspecified atom stereocenters. The molecule has 80 valence electrons. The van der Waals surface area contributed by atoms with E-state index >= 15 is 0 Å². The Balaban J connectivity index is 2.23. The Bertz CT molecular complexity index is 531. The van der Waals surface area contributed by atoms with Crippen LogP contribution in [0.5, 0.6) is 0 Å². The van der Waals surface area contributed by atoms with E-state index in [4.69, 9.17) is 16.9 Å². The van der Waals surface area contributed by atoms with Crippen LogP contribution in [-0.2, 0) is 6.54 Å². The van der Waals surface area contributed by atoms with E-state index < -0.39 is 0 Å². The number of pyridine rings is 1. The first kappa shape index (κ1) is 10.7. The normalized spacial score (nSPS) is 10.1. The summed E-state index contributed by atoms with van der Waals surface area (Å²) in [6, 6.07) is 7.67. The van der Waals surface area contributed by atoms with E-state index in [1.54, 1.807) is 12.3 Å². The third-order valence-corrected chi connectivity index (χ3v) is 2.41. The van der Waals surface area contributed by atoms with Crippen LogP contribution < -0.4 is 0 Å². The Morgan fingerprint density at radius 2 is 2.31 bits per heavy atom. The van der Waals surface area contributed by atoms with Gasteiger partial charge in [0.15, 0.2) is 0 Å². The average Bonchev–Trinajstić information content (AvgIpc) is 2.64. The van der Waals surface area contributed by atoms with Crippen LogP contribution in [0.25, 0.3) is 0 Å². The second kappa shape index (κ2) is 4.38. The van der Waals surface area contributed by atoms with E-state index in [1.165, 1.54) is 0 Å². The number of rotatable bonds is 2. The summed E-state index contributed by atoms with van der Waals surface area (Å²) in [5, 5.41) is 9.21. The predicted octanol–water partition coefficient (Wildman–Crippen LogP) is 2.76. The number of hydrogen-bond acceptors (Lipinski definition) is 2. The van der Waals surface area contributed by atoms with Gasteiger partial charge in [-0.3, -0.25) is 0 Å². The van der Waals surface area contributed by atoms with Crippen molar-refractivity contribution in [3.05, 3.63) is 52.6 Å². The Morgan fingerprint density at radius 1 is 1.50 bits per heavy atom. The molecule has 0 aromatic carbocycles. The minimum Gasteiger partial charge on any atom is -0.347 e. The van der Waals surface area contributed by atoms with Gasteiger partial charge < -0.3 is 4.57 Å². The minimum absolute atomic E-state index is 0.502. The molecule has 4 heteroatoms. The van der Waals surface area contributed by atoms with Crippen molar-refractivity contribution in [3.63, 3.8) is 0 Å². The fourth-order valence-electron chi connectivity index (χ4n) is 1.57. The predicted molar refractivity (Wildman–Crippen MR) is 62.2 cm³/mol. The molecule has 2 heterocycles. The summed E-state index contributed by atoms with van der Waals surface area (Å²) in [5.41, 5.74) is 2.63. The molecule has 0 fully saturated rings. The molecule has 2 aromatic rings. The van der Waals surface area contributed by atoms with Crippen LogP contribution in [0.2, 0.25) is 5.15 Å². The minimum atomic E-state index is 0.502. The zero-order valence-electron chi connectivity index (χ0n) is 8.81. The molecule has 2 rings (SSSR count). The zero-order valence-corrected chi connectivity index (χ0v) is 9.57. The van der Waals surface area contributed by atoms with Gasteiger partial charge in [-0.1, -0.05) is 11.6 Å². The highest BCUT2D eigenvalue weighted by Crippen LogP contribution is 2.11. The van der Waals surface area contributed by atoms with Crippen LogP contribution in [0.1, 0.15) is 16.8 Å². The molecular weight excluding hydrogens is 222 g/mol. The smallest absolute Gasteiger partial charge is 0.129 e. The molecule has 0 spiro atoms. The van der Waals surface area contributed by atoms with Crippen molar-refractivity contribution in [1.82, 2.24) is 9.55 Å². The topological polar surface area (TPSA) is 41.6 Å². The van der Waals surface area contributed by atoms with Gasteiger partial charge in [-0.25, -0.2) is 4.98 Å². The van der Waals surface area contributed by atoms with Gasteiger partial charge in [-0.2, -0.15) is 5.26 Å². The van der Waals surface area contributed by atoms with Crippen LogP contribution in [0.15, 0.2) is 30.6 Å². The second-order valence-electron chi connectivity index (χ2n) is 3.64. The first-order valence-electron chi connectivity index (χ1n) is 4.86. The van der Waals surface area contributed by atoms with Gasteiger partial charge in [0.2, 0.25) is 0 Å². The summed E-state index contributed by atoms with van der Waals surface area (Å²) in [6.45, 7) is 2.61. The van der Waals surface area contributed by atoms with Gasteiger partial charge in [0.25, 0.3) is 0 Å². The highest BCUT2D eigenvalue weighted by molar-refractivity contribution is 6.29. The van der Waals surface area contributed by atoms with E-state index in [2.05, 4.69) is 11.1 Å². The van der Waals surface area contributed by atoms with Crippen LogP contribution in [0, 0.1) is 18.3 Å². The quantitative estimate of drug-likeness (QED) is 0.746. The molecule has 0 N–H and O–H groups in total. The first-order valence-corrected chi connectivity index (χ1v) is 5.24. The molecule has 0 atom stereocenters. The maximum atomic E-state index is 8.71. The summed E-state index contributed by atoms with van der Waals surface area (Å²) in [4.78, 5) is 4.23. The Labute approximate surface area is 98.9 Å². The first-order chi connectivity index (χ1) is 7.67. The molecule has 2 aromatic heterocycles. The fraction of sp³-hybridized carbons (Fsp3) is 0.167. The number of nitriles is 1. The van der Waals surface area contributed by atoms with Crippen molar-refractivity contribution >= 4 is 11.6 Å². The highest BCUT2D eigenvalue weighted by atomic mass is 35.5. The molecular formula is C12H10ClN3. The maximum Gasteiger partial charge on any atom is 0.129 e. The third-order valence-electron chi connectivity index (χ3n) is 2.22. The molecule has 0 radical (unpaired) electrons. The summed E-state index contributed by atoms with van der Waals surface area (Å²) in [6.07, 6.45) is 3.65. The van der Waals surface area contributed by atoms with Gasteiger partial charge >= 0.3 is 0 Å². The van der Waals surface area contributed by atoms with Crippen LogP contribution in [0.4, 0.5) is 0 Å². The Morgan fingerprint density at radius 3 is 2.94 bits per heavy atom. The number of hydrogen-bond donors (Lipinski definition) is 0. The highest BCUT2D eigenvalue weighted by Gasteiger charge is 2.01. The summed E-state index contributed by atoms with van der Waals surface area (Å²) >= 11 is 5.88. The van der Waals surface area contributed by atoms with Gasteiger partial charge in [-0.15, -0.1) is 0 Å². The number of aryl methyl sites for hydroxylation is 1. The molecule has 0 aliphatic rings. The van der Waals surface area contributed by atoms with E-state index in [0.717, 1.165) is 11.3 Å². The van der Waals surface area contributed by atoms with E-state index in [9.17, 15) is 0 Å². The Kier molecular flexibility index (Phi) is 2.93. The molecule has 0 saturated carbocycles. The van der Waals surface area contributed by atoms with Crippen LogP contribution in [0.3, 0.4) is 0 Å². The fourth-order valence-corrected chi connectivity index (χ4v) is 1.85. The lowest BCUT2D eigenvalue weighted by atomic mass is 10.2. The SMILES string of the molecule is Cc1cc(Cl)nc(Cn2ccc(C#N)c2)c1. The second-order valence-corrected chi connectivity index (χ2v) is 4.03. The van der Waals surface area contributed by atoms with Gasteiger partial charge in [0, 0.05) is 12.4 Å². The molecule has 3 nitrogen and oxygen atoms in total.